The maximum atomic E-state index is 13.5. The zero-order valence-electron chi connectivity index (χ0n) is 22.5. The minimum Gasteiger partial charge on any atom is -0.455 e. The van der Waals surface area contributed by atoms with Crippen molar-refractivity contribution in [3.63, 3.8) is 0 Å². The normalized spacial score (nSPS) is 28.6. The Morgan fingerprint density at radius 3 is 2.24 bits per heavy atom. The van der Waals surface area contributed by atoms with Crippen LogP contribution in [0.2, 0.25) is 19.6 Å². The maximum absolute atomic E-state index is 13.5. The molecule has 2 aromatic carbocycles. The van der Waals surface area contributed by atoms with Crippen LogP contribution < -0.4 is 4.72 Å². The fourth-order valence-corrected chi connectivity index (χ4v) is 6.52. The van der Waals surface area contributed by atoms with Crippen molar-refractivity contribution in [2.24, 2.45) is 5.92 Å². The number of aliphatic hydroxyl groups excluding tert-OH is 1. The van der Waals surface area contributed by atoms with Gasteiger partial charge in [-0.2, -0.15) is 0 Å². The van der Waals surface area contributed by atoms with E-state index in [1.54, 1.807) is 56.3 Å². The summed E-state index contributed by atoms with van der Waals surface area (Å²) >= 11 is 0. The van der Waals surface area contributed by atoms with E-state index in [1.807, 2.05) is 6.92 Å². The van der Waals surface area contributed by atoms with Crippen molar-refractivity contribution in [3.8, 4) is 11.5 Å². The highest BCUT2D eigenvalue weighted by atomic mass is 32.2. The van der Waals surface area contributed by atoms with Crippen LogP contribution in [0.1, 0.15) is 29.8 Å². The van der Waals surface area contributed by atoms with Crippen LogP contribution in [0.5, 0.6) is 0 Å². The Kier molecular flexibility index (Phi) is 7.92. The van der Waals surface area contributed by atoms with E-state index in [1.165, 1.54) is 12.1 Å². The Morgan fingerprint density at radius 2 is 1.63 bits per heavy atom. The molecule has 0 amide bonds. The average molecular weight is 558 g/mol. The molecular formula is C28H35NO7SSi. The highest BCUT2D eigenvalue weighted by Crippen LogP contribution is 2.41. The van der Waals surface area contributed by atoms with Crippen LogP contribution >= 0.6 is 0 Å². The Morgan fingerprint density at radius 1 is 1.03 bits per heavy atom. The van der Waals surface area contributed by atoms with Gasteiger partial charge in [-0.15, -0.1) is 11.5 Å². The standard InChI is InChI=1S/C28H35NO7SSi/c1-18-12-14-20(15-13-18)37(32,33)29-22-21(16-17-38(4,5)6)24(34-27(31)19-10-8-7-9-11-19)23(30)26-25(22)35-28(2,3)36-26/h7-15,21-26,29-30H,1-6H3/t21-,22-,23+,24-,25+,26-/m1/s1. The van der Waals surface area contributed by atoms with Gasteiger partial charge in [0.05, 0.1) is 22.4 Å². The summed E-state index contributed by atoms with van der Waals surface area (Å²) in [5.74, 6) is 0.539. The third kappa shape index (κ3) is 6.37. The third-order valence-corrected chi connectivity index (χ3v) is 8.79. The van der Waals surface area contributed by atoms with Crippen LogP contribution in [0.3, 0.4) is 0 Å². The van der Waals surface area contributed by atoms with Gasteiger partial charge in [-0.05, 0) is 45.0 Å². The Bertz CT molecular complexity index is 1330. The van der Waals surface area contributed by atoms with Gasteiger partial charge in [0.25, 0.3) is 0 Å². The zero-order chi connectivity index (χ0) is 27.9. The van der Waals surface area contributed by atoms with Gasteiger partial charge in [-0.25, -0.2) is 17.9 Å². The monoisotopic (exact) mass is 557 g/mol. The topological polar surface area (TPSA) is 111 Å². The number of hydrogen-bond donors (Lipinski definition) is 2. The summed E-state index contributed by atoms with van der Waals surface area (Å²) in [6.45, 7) is 11.4. The number of carbonyl (C=O) groups excluding carboxylic acids is 1. The van der Waals surface area contributed by atoms with Crippen LogP contribution in [0.15, 0.2) is 59.5 Å². The summed E-state index contributed by atoms with van der Waals surface area (Å²) in [5, 5.41) is 11.4. The number of nitrogens with one attached hydrogen (secondary N) is 1. The predicted octanol–water partition coefficient (Wildman–Crippen LogP) is 3.26. The van der Waals surface area contributed by atoms with Gasteiger partial charge < -0.3 is 19.3 Å². The van der Waals surface area contributed by atoms with E-state index < -0.39 is 66.2 Å². The molecule has 0 aromatic heterocycles. The maximum Gasteiger partial charge on any atom is 0.338 e. The van der Waals surface area contributed by atoms with E-state index in [0.717, 1.165) is 5.56 Å². The second kappa shape index (κ2) is 10.6. The van der Waals surface area contributed by atoms with E-state index in [0.29, 0.717) is 5.56 Å². The molecule has 2 N–H and O–H groups in total. The third-order valence-electron chi connectivity index (χ3n) is 6.42. The van der Waals surface area contributed by atoms with E-state index in [2.05, 4.69) is 35.8 Å². The molecule has 1 aliphatic heterocycles. The predicted molar refractivity (Wildman–Crippen MR) is 145 cm³/mol. The Balaban J connectivity index is 1.78. The number of aliphatic hydroxyl groups is 1. The first-order valence-corrected chi connectivity index (χ1v) is 17.6. The molecule has 6 atom stereocenters. The van der Waals surface area contributed by atoms with E-state index in [9.17, 15) is 18.3 Å². The molecule has 0 bridgehead atoms. The number of benzene rings is 2. The lowest BCUT2D eigenvalue weighted by Crippen LogP contribution is -2.65. The number of rotatable bonds is 5. The molecule has 1 saturated carbocycles. The molecule has 10 heteroatoms. The summed E-state index contributed by atoms with van der Waals surface area (Å²) in [4.78, 5) is 13.2. The molecule has 0 spiro atoms. The minimum atomic E-state index is -4.02. The van der Waals surface area contributed by atoms with Gasteiger partial charge in [-0.3, -0.25) is 0 Å². The molecule has 8 nitrogen and oxygen atoms in total. The summed E-state index contributed by atoms with van der Waals surface area (Å²) in [5.41, 5.74) is 4.50. The van der Waals surface area contributed by atoms with Crippen molar-refractivity contribution in [3.05, 3.63) is 65.7 Å². The highest BCUT2D eigenvalue weighted by molar-refractivity contribution is 7.89. The first-order chi connectivity index (χ1) is 17.7. The number of hydrogen-bond acceptors (Lipinski definition) is 7. The van der Waals surface area contributed by atoms with Gasteiger partial charge >= 0.3 is 5.97 Å². The summed E-state index contributed by atoms with van der Waals surface area (Å²) in [6.07, 6.45) is -4.28. The van der Waals surface area contributed by atoms with Crippen LogP contribution in [-0.2, 0) is 24.2 Å². The van der Waals surface area contributed by atoms with Gasteiger partial charge in [-0.1, -0.05) is 55.5 Å². The lowest BCUT2D eigenvalue weighted by Gasteiger charge is -2.43. The van der Waals surface area contributed by atoms with E-state index >= 15 is 0 Å². The van der Waals surface area contributed by atoms with Crippen molar-refractivity contribution in [2.45, 2.75) is 81.6 Å². The first kappa shape index (κ1) is 28.5. The van der Waals surface area contributed by atoms with Crippen molar-refractivity contribution >= 4 is 24.1 Å². The number of sulfonamides is 1. The first-order valence-electron chi connectivity index (χ1n) is 12.6. The van der Waals surface area contributed by atoms with Crippen LogP contribution in [0.4, 0.5) is 0 Å². The zero-order valence-corrected chi connectivity index (χ0v) is 24.3. The fourth-order valence-electron chi connectivity index (χ4n) is 4.65. The van der Waals surface area contributed by atoms with Crippen molar-refractivity contribution in [1.29, 1.82) is 0 Å². The molecule has 4 rings (SSSR count). The smallest absolute Gasteiger partial charge is 0.338 e. The quantitative estimate of drug-likeness (QED) is 0.330. The number of carbonyl (C=O) groups is 1. The molecule has 1 aliphatic carbocycles. The SMILES string of the molecule is Cc1ccc(S(=O)(=O)N[C@@H]2[C@@H](C#C[Si](C)(C)C)[C@@H](OC(=O)c3ccccc3)[C@H](O)[C@H]3OC(C)(C)O[C@@H]23)cc1. The second-order valence-corrected chi connectivity index (χ2v) is 17.8. The molecular weight excluding hydrogens is 522 g/mol. The largest absolute Gasteiger partial charge is 0.455 e. The molecule has 2 fully saturated rings. The van der Waals surface area contributed by atoms with Crippen molar-refractivity contribution in [2.75, 3.05) is 0 Å². The number of aryl methyl sites for hydroxylation is 1. The van der Waals surface area contributed by atoms with Gasteiger partial charge in [0, 0.05) is 0 Å². The second-order valence-electron chi connectivity index (χ2n) is 11.3. The van der Waals surface area contributed by atoms with Crippen LogP contribution in [0.25, 0.3) is 0 Å². The molecule has 204 valence electrons. The van der Waals surface area contributed by atoms with Crippen LogP contribution in [-0.4, -0.2) is 63.8 Å². The number of esters is 1. The van der Waals surface area contributed by atoms with Gasteiger partial charge in [0.1, 0.15) is 32.5 Å². The summed E-state index contributed by atoms with van der Waals surface area (Å²) < 4.78 is 47.8. The fraction of sp³-hybridized carbons (Fsp3) is 0.464. The molecule has 2 aliphatic rings. The lowest BCUT2D eigenvalue weighted by atomic mass is 9.77. The van der Waals surface area contributed by atoms with Crippen molar-refractivity contribution in [1.82, 2.24) is 4.72 Å². The molecule has 2 aromatic rings. The average Bonchev–Trinajstić information content (AvgIpc) is 3.17. The Labute approximate surface area is 225 Å². The molecule has 0 radical (unpaired) electrons. The number of fused-ring (bicyclic) bond motifs is 1. The Hall–Kier alpha value is -2.52. The van der Waals surface area contributed by atoms with Crippen LogP contribution in [0, 0.1) is 24.3 Å². The molecule has 1 saturated heterocycles. The molecule has 1 heterocycles. The summed E-state index contributed by atoms with van der Waals surface area (Å²) in [7, 11) is -5.97. The lowest BCUT2D eigenvalue weighted by molar-refractivity contribution is -0.160. The van der Waals surface area contributed by atoms with E-state index in [4.69, 9.17) is 14.2 Å². The molecule has 0 unspecified atom stereocenters. The van der Waals surface area contributed by atoms with Gasteiger partial charge in [0.15, 0.2) is 5.79 Å². The molecule has 38 heavy (non-hydrogen) atoms. The summed E-state index contributed by atoms with van der Waals surface area (Å²) in [6, 6.07) is 13.9. The highest BCUT2D eigenvalue weighted by Gasteiger charge is 2.59. The van der Waals surface area contributed by atoms with E-state index in [-0.39, 0.29) is 4.90 Å². The van der Waals surface area contributed by atoms with Crippen molar-refractivity contribution < 1.29 is 32.5 Å². The number of ether oxygens (including phenoxy) is 3. The van der Waals surface area contributed by atoms with Gasteiger partial charge in [0.2, 0.25) is 10.0 Å². The minimum absolute atomic E-state index is 0.0821.